The Kier molecular flexibility index (Phi) is 8.72. The number of amides is 1. The lowest BCUT2D eigenvalue weighted by Crippen LogP contribution is -2.53. The smallest absolute Gasteiger partial charge is 0.246 e. The van der Waals surface area contributed by atoms with Gasteiger partial charge >= 0.3 is 0 Å². The van der Waals surface area contributed by atoms with Crippen LogP contribution in [0.4, 0.5) is 34.8 Å². The first-order chi connectivity index (χ1) is 21.7. The van der Waals surface area contributed by atoms with Gasteiger partial charge in [-0.3, -0.25) is 14.7 Å². The number of fused-ring (bicyclic) bond motifs is 1. The van der Waals surface area contributed by atoms with E-state index in [-0.39, 0.29) is 65.2 Å². The number of aromatic nitrogens is 2. The highest BCUT2D eigenvalue weighted by Gasteiger charge is 2.42. The third-order valence-corrected chi connectivity index (χ3v) is 8.49. The van der Waals surface area contributed by atoms with Gasteiger partial charge in [-0.05, 0) is 43.5 Å². The van der Waals surface area contributed by atoms with Gasteiger partial charge in [0.2, 0.25) is 5.91 Å². The van der Waals surface area contributed by atoms with Crippen molar-refractivity contribution < 1.29 is 27.5 Å². The monoisotopic (exact) mass is 655 g/mol. The summed E-state index contributed by atoms with van der Waals surface area (Å²) in [6.07, 6.45) is 1.13. The van der Waals surface area contributed by atoms with Crippen molar-refractivity contribution in [2.75, 3.05) is 30.3 Å². The molecule has 0 bridgehead atoms. The first-order valence-electron chi connectivity index (χ1n) is 14.3. The van der Waals surface area contributed by atoms with E-state index in [1.807, 2.05) is 25.7 Å². The number of piperazine rings is 1. The van der Waals surface area contributed by atoms with E-state index in [1.165, 1.54) is 17.0 Å². The molecule has 1 unspecified atom stereocenters. The normalized spacial score (nSPS) is 18.2. The number of benzene rings is 1. The molecular weight excluding hydrogens is 626 g/mol. The fraction of sp³-hybridized carbons (Fsp3) is 0.312. The van der Waals surface area contributed by atoms with Gasteiger partial charge in [0.05, 0.1) is 39.0 Å². The quantitative estimate of drug-likeness (QED) is 0.116. The van der Waals surface area contributed by atoms with E-state index >= 15 is 4.39 Å². The molecule has 0 spiro atoms. The van der Waals surface area contributed by atoms with Crippen LogP contribution in [-0.4, -0.2) is 62.7 Å². The van der Waals surface area contributed by atoms with Crippen molar-refractivity contribution in [3.63, 3.8) is 0 Å². The molecule has 4 heterocycles. The Balaban J connectivity index is 1.84. The summed E-state index contributed by atoms with van der Waals surface area (Å²) in [5.74, 6) is -8.33. The standard InChI is InChI=1S/C32H30ClF4N7O2/c1-6-20(45)42-9-10-43(16(5)13-42)30-17-11-19(33)28(21-22(34)23(35)24(36)25(37)26(21)39)41-31(17)44(32(46)18(30)12-38)29-15(4)7-8-40-27(29)14(2)3/h6-8,11,14,16,32,46H,1,9-10,13,39H2,2-5H3/t16-,32?/m0/s1. The Hall–Kier alpha value is -4.67. The molecule has 1 aromatic carbocycles. The zero-order chi connectivity index (χ0) is 33.8. The fourth-order valence-electron chi connectivity index (χ4n) is 5.98. The van der Waals surface area contributed by atoms with Crippen molar-refractivity contribution in [2.24, 2.45) is 0 Å². The zero-order valence-corrected chi connectivity index (χ0v) is 26.1. The molecule has 2 aliphatic heterocycles. The Morgan fingerprint density at radius 1 is 1.22 bits per heavy atom. The van der Waals surface area contributed by atoms with Crippen molar-refractivity contribution in [2.45, 2.75) is 45.9 Å². The number of hydrogen-bond acceptors (Lipinski definition) is 8. The van der Waals surface area contributed by atoms with Gasteiger partial charge in [0.15, 0.2) is 29.5 Å². The van der Waals surface area contributed by atoms with Crippen molar-refractivity contribution in [1.29, 1.82) is 5.26 Å². The summed E-state index contributed by atoms with van der Waals surface area (Å²) in [5.41, 5.74) is 5.22. The van der Waals surface area contributed by atoms with Crippen LogP contribution in [0.25, 0.3) is 17.0 Å². The second kappa shape index (κ2) is 12.3. The Labute approximate surface area is 267 Å². The van der Waals surface area contributed by atoms with Gasteiger partial charge in [-0.2, -0.15) is 5.26 Å². The summed E-state index contributed by atoms with van der Waals surface area (Å²) in [7, 11) is 0. The molecule has 2 atom stereocenters. The zero-order valence-electron chi connectivity index (χ0n) is 25.4. The number of carbonyl (C=O) groups excluding carboxylic acids is 1. The molecule has 3 aromatic rings. The van der Waals surface area contributed by atoms with Crippen LogP contribution in [0, 0.1) is 41.5 Å². The predicted molar refractivity (Wildman–Crippen MR) is 166 cm³/mol. The van der Waals surface area contributed by atoms with Crippen molar-refractivity contribution in [3.8, 4) is 17.3 Å². The highest BCUT2D eigenvalue weighted by molar-refractivity contribution is 6.33. The van der Waals surface area contributed by atoms with E-state index in [9.17, 15) is 28.3 Å². The molecule has 240 valence electrons. The minimum Gasteiger partial charge on any atom is -0.396 e. The van der Waals surface area contributed by atoms with Crippen LogP contribution in [0.3, 0.4) is 0 Å². The number of aliphatic hydroxyl groups is 1. The molecule has 2 aromatic heterocycles. The summed E-state index contributed by atoms with van der Waals surface area (Å²) in [5, 5.41) is 22.1. The van der Waals surface area contributed by atoms with Crippen LogP contribution in [0.2, 0.25) is 5.02 Å². The molecule has 0 radical (unpaired) electrons. The lowest BCUT2D eigenvalue weighted by atomic mass is 9.94. The number of rotatable bonds is 5. The number of nitriles is 1. The van der Waals surface area contributed by atoms with E-state index in [4.69, 9.17) is 17.3 Å². The summed E-state index contributed by atoms with van der Waals surface area (Å²) < 4.78 is 58.4. The SMILES string of the molecule is C=CC(=O)N1CCN(C2=C(C#N)C(O)N(c3c(C)ccnc3C(C)C)c3nc(-c4c(N)c(F)c(F)c(F)c4F)c(Cl)cc32)[C@@H](C)C1. The molecule has 9 nitrogen and oxygen atoms in total. The molecule has 1 saturated heterocycles. The number of nitrogens with zero attached hydrogens (tertiary/aromatic N) is 6. The number of aliphatic hydroxyl groups excluding tert-OH is 1. The van der Waals surface area contributed by atoms with Crippen LogP contribution in [0.5, 0.6) is 0 Å². The Morgan fingerprint density at radius 2 is 1.89 bits per heavy atom. The lowest BCUT2D eigenvalue weighted by Gasteiger charge is -2.46. The summed E-state index contributed by atoms with van der Waals surface area (Å²) >= 11 is 6.64. The molecule has 1 amide bonds. The number of anilines is 3. The van der Waals surface area contributed by atoms with Crippen LogP contribution < -0.4 is 10.6 Å². The van der Waals surface area contributed by atoms with Crippen LogP contribution >= 0.6 is 11.6 Å². The first-order valence-corrected chi connectivity index (χ1v) is 14.7. The molecule has 2 aliphatic rings. The number of hydrogen-bond donors (Lipinski definition) is 2. The molecule has 46 heavy (non-hydrogen) atoms. The van der Waals surface area contributed by atoms with E-state index < -0.39 is 46.4 Å². The second-order valence-electron chi connectivity index (χ2n) is 11.4. The maximum Gasteiger partial charge on any atom is 0.246 e. The minimum atomic E-state index is -2.10. The molecule has 0 saturated carbocycles. The Morgan fingerprint density at radius 3 is 2.50 bits per heavy atom. The summed E-state index contributed by atoms with van der Waals surface area (Å²) in [6, 6.07) is 4.77. The molecule has 1 fully saturated rings. The van der Waals surface area contributed by atoms with Crippen molar-refractivity contribution >= 4 is 40.4 Å². The highest BCUT2D eigenvalue weighted by Crippen LogP contribution is 2.48. The average Bonchev–Trinajstić information content (AvgIpc) is 3.03. The Bertz CT molecular complexity index is 1830. The fourth-order valence-corrected chi connectivity index (χ4v) is 6.23. The van der Waals surface area contributed by atoms with Crippen molar-refractivity contribution in [3.05, 3.63) is 81.7 Å². The van der Waals surface area contributed by atoms with E-state index in [2.05, 4.69) is 22.6 Å². The number of halogens is 5. The third-order valence-electron chi connectivity index (χ3n) is 8.20. The summed E-state index contributed by atoms with van der Waals surface area (Å²) in [4.78, 5) is 26.2. The number of nitrogens with two attached hydrogens (primary N) is 1. The summed E-state index contributed by atoms with van der Waals surface area (Å²) in [6.45, 7) is 11.7. The molecule has 5 rings (SSSR count). The molecule has 3 N–H and O–H groups in total. The molecular formula is C32H30ClF4N7O2. The number of pyridine rings is 2. The van der Waals surface area contributed by atoms with Gasteiger partial charge in [0.1, 0.15) is 17.5 Å². The third kappa shape index (κ3) is 5.11. The van der Waals surface area contributed by atoms with Crippen LogP contribution in [0.1, 0.15) is 43.5 Å². The lowest BCUT2D eigenvalue weighted by molar-refractivity contribution is -0.128. The van der Waals surface area contributed by atoms with Gasteiger partial charge in [0.25, 0.3) is 0 Å². The molecule has 0 aliphatic carbocycles. The molecule has 14 heteroatoms. The van der Waals surface area contributed by atoms with Gasteiger partial charge in [-0.1, -0.05) is 32.0 Å². The number of aryl methyl sites for hydroxylation is 1. The highest BCUT2D eigenvalue weighted by atomic mass is 35.5. The predicted octanol–water partition coefficient (Wildman–Crippen LogP) is 5.79. The largest absolute Gasteiger partial charge is 0.396 e. The number of carbonyl (C=O) groups is 1. The van der Waals surface area contributed by atoms with Gasteiger partial charge in [0, 0.05) is 37.4 Å². The number of nitrogen functional groups attached to an aromatic ring is 1. The van der Waals surface area contributed by atoms with Crippen molar-refractivity contribution in [1.82, 2.24) is 19.8 Å². The topological polar surface area (TPSA) is 123 Å². The van der Waals surface area contributed by atoms with Gasteiger partial charge < -0.3 is 20.6 Å². The average molecular weight is 656 g/mol. The maximum absolute atomic E-state index is 15.3. The van der Waals surface area contributed by atoms with Gasteiger partial charge in [-0.15, -0.1) is 0 Å². The van der Waals surface area contributed by atoms with E-state index in [0.717, 1.165) is 0 Å². The van der Waals surface area contributed by atoms with Crippen LogP contribution in [-0.2, 0) is 4.79 Å². The maximum atomic E-state index is 15.3. The van der Waals surface area contributed by atoms with Crippen LogP contribution in [0.15, 0.2) is 36.6 Å². The van der Waals surface area contributed by atoms with E-state index in [1.54, 1.807) is 24.1 Å². The van der Waals surface area contributed by atoms with E-state index in [0.29, 0.717) is 16.9 Å². The van der Waals surface area contributed by atoms with Gasteiger partial charge in [-0.25, -0.2) is 22.5 Å². The first kappa shape index (κ1) is 32.7. The second-order valence-corrected chi connectivity index (χ2v) is 11.8. The minimum absolute atomic E-state index is 0.0559.